The van der Waals surface area contributed by atoms with Crippen molar-refractivity contribution < 1.29 is 13.6 Å². The van der Waals surface area contributed by atoms with Gasteiger partial charge in [-0.1, -0.05) is 12.1 Å². The lowest BCUT2D eigenvalue weighted by Gasteiger charge is -2.04. The van der Waals surface area contributed by atoms with Crippen molar-refractivity contribution in [2.24, 2.45) is 0 Å². The van der Waals surface area contributed by atoms with Crippen molar-refractivity contribution in [2.45, 2.75) is 12.8 Å². The van der Waals surface area contributed by atoms with E-state index in [-0.39, 0.29) is 18.0 Å². The smallest absolute Gasteiger partial charge is 0.224 e. The molecule has 4 nitrogen and oxygen atoms in total. The fourth-order valence-corrected chi connectivity index (χ4v) is 1.38. The minimum Gasteiger partial charge on any atom is -0.451 e. The molecule has 0 aliphatic carbocycles. The number of halogens is 1. The SMILES string of the molecule is O=C(CCc1cocn1)Nc1ccccc1F. The fourth-order valence-electron chi connectivity index (χ4n) is 1.38. The first kappa shape index (κ1) is 11.3. The van der Waals surface area contributed by atoms with Gasteiger partial charge in [0.2, 0.25) is 5.91 Å². The Labute approximate surface area is 97.5 Å². The minimum absolute atomic E-state index is 0.192. The first-order valence-corrected chi connectivity index (χ1v) is 5.17. The molecule has 0 aliphatic rings. The third-order valence-electron chi connectivity index (χ3n) is 2.24. The van der Waals surface area contributed by atoms with Gasteiger partial charge in [0.25, 0.3) is 0 Å². The summed E-state index contributed by atoms with van der Waals surface area (Å²) in [5, 5.41) is 2.50. The Balaban J connectivity index is 1.87. The van der Waals surface area contributed by atoms with E-state index in [1.54, 1.807) is 12.1 Å². The number of nitrogens with one attached hydrogen (secondary N) is 1. The summed E-state index contributed by atoms with van der Waals surface area (Å²) in [5.74, 6) is -0.694. The van der Waals surface area contributed by atoms with Crippen LogP contribution in [0.3, 0.4) is 0 Å². The van der Waals surface area contributed by atoms with Crippen molar-refractivity contribution in [2.75, 3.05) is 5.32 Å². The third kappa shape index (κ3) is 3.14. The largest absolute Gasteiger partial charge is 0.451 e. The summed E-state index contributed by atoms with van der Waals surface area (Å²) in [6.07, 6.45) is 3.50. The number of aromatic nitrogens is 1. The molecule has 0 bridgehead atoms. The molecule has 0 unspecified atom stereocenters. The van der Waals surface area contributed by atoms with Crippen LogP contribution in [-0.4, -0.2) is 10.9 Å². The number of para-hydroxylation sites is 1. The average Bonchev–Trinajstić information content (AvgIpc) is 2.82. The maximum atomic E-state index is 13.2. The van der Waals surface area contributed by atoms with Crippen LogP contribution in [0.5, 0.6) is 0 Å². The van der Waals surface area contributed by atoms with Gasteiger partial charge in [-0.05, 0) is 12.1 Å². The number of rotatable bonds is 4. The van der Waals surface area contributed by atoms with E-state index in [0.717, 1.165) is 0 Å². The predicted molar refractivity (Wildman–Crippen MR) is 59.9 cm³/mol. The average molecular weight is 234 g/mol. The van der Waals surface area contributed by atoms with Gasteiger partial charge in [-0.2, -0.15) is 0 Å². The Kier molecular flexibility index (Phi) is 3.49. The topological polar surface area (TPSA) is 55.1 Å². The molecule has 5 heteroatoms. The third-order valence-corrected chi connectivity index (χ3v) is 2.24. The van der Waals surface area contributed by atoms with Gasteiger partial charge in [-0.3, -0.25) is 4.79 Å². The molecule has 0 saturated carbocycles. The van der Waals surface area contributed by atoms with Crippen LogP contribution in [0.1, 0.15) is 12.1 Å². The van der Waals surface area contributed by atoms with Gasteiger partial charge in [-0.25, -0.2) is 9.37 Å². The van der Waals surface area contributed by atoms with E-state index in [0.29, 0.717) is 12.1 Å². The van der Waals surface area contributed by atoms with Crippen molar-refractivity contribution >= 4 is 11.6 Å². The van der Waals surface area contributed by atoms with E-state index < -0.39 is 5.82 Å². The molecule has 2 aromatic rings. The lowest BCUT2D eigenvalue weighted by Crippen LogP contribution is -2.13. The summed E-state index contributed by atoms with van der Waals surface area (Å²) in [6, 6.07) is 6.05. The van der Waals surface area contributed by atoms with Gasteiger partial charge in [0.05, 0.1) is 11.4 Å². The molecule has 0 atom stereocenters. The lowest BCUT2D eigenvalue weighted by molar-refractivity contribution is -0.116. The van der Waals surface area contributed by atoms with Gasteiger partial charge >= 0.3 is 0 Å². The maximum absolute atomic E-state index is 13.2. The quantitative estimate of drug-likeness (QED) is 0.883. The van der Waals surface area contributed by atoms with Crippen LogP contribution in [-0.2, 0) is 11.2 Å². The minimum atomic E-state index is -0.442. The summed E-state index contributed by atoms with van der Waals surface area (Å²) < 4.78 is 18.0. The van der Waals surface area contributed by atoms with E-state index in [1.165, 1.54) is 24.8 Å². The summed E-state index contributed by atoms with van der Waals surface area (Å²) in [4.78, 5) is 15.4. The molecule has 0 spiro atoms. The van der Waals surface area contributed by atoms with Crippen LogP contribution in [0, 0.1) is 5.82 Å². The molecule has 1 heterocycles. The van der Waals surface area contributed by atoms with Gasteiger partial charge in [0, 0.05) is 12.8 Å². The molecule has 0 saturated heterocycles. The predicted octanol–water partition coefficient (Wildman–Crippen LogP) is 2.39. The second-order valence-electron chi connectivity index (χ2n) is 3.51. The molecular weight excluding hydrogens is 223 g/mol. The van der Waals surface area contributed by atoms with Gasteiger partial charge < -0.3 is 9.73 Å². The van der Waals surface area contributed by atoms with Gasteiger partial charge in [0.1, 0.15) is 12.1 Å². The van der Waals surface area contributed by atoms with Crippen molar-refractivity contribution in [3.8, 4) is 0 Å². The number of hydrogen-bond donors (Lipinski definition) is 1. The van der Waals surface area contributed by atoms with E-state index in [1.807, 2.05) is 0 Å². The molecule has 17 heavy (non-hydrogen) atoms. The molecule has 1 amide bonds. The number of carbonyl (C=O) groups is 1. The first-order valence-electron chi connectivity index (χ1n) is 5.17. The molecule has 0 aliphatic heterocycles. The number of anilines is 1. The van der Waals surface area contributed by atoms with Crippen molar-refractivity contribution in [3.63, 3.8) is 0 Å². The van der Waals surface area contributed by atoms with Crippen LogP contribution < -0.4 is 5.32 Å². The molecule has 1 aromatic heterocycles. The van der Waals surface area contributed by atoms with Crippen molar-refractivity contribution in [3.05, 3.63) is 48.4 Å². The summed E-state index contributed by atoms with van der Waals surface area (Å²) in [5.41, 5.74) is 0.895. The second kappa shape index (κ2) is 5.25. The summed E-state index contributed by atoms with van der Waals surface area (Å²) in [6.45, 7) is 0. The van der Waals surface area contributed by atoms with E-state index in [9.17, 15) is 9.18 Å². The maximum Gasteiger partial charge on any atom is 0.224 e. The van der Waals surface area contributed by atoms with Crippen LogP contribution in [0.25, 0.3) is 0 Å². The van der Waals surface area contributed by atoms with Crippen LogP contribution in [0.4, 0.5) is 10.1 Å². The van der Waals surface area contributed by atoms with E-state index in [2.05, 4.69) is 10.3 Å². The Hall–Kier alpha value is -2.17. The van der Waals surface area contributed by atoms with Gasteiger partial charge in [0.15, 0.2) is 6.39 Å². The fraction of sp³-hybridized carbons (Fsp3) is 0.167. The molecule has 0 radical (unpaired) electrons. The zero-order chi connectivity index (χ0) is 12.1. The lowest BCUT2D eigenvalue weighted by atomic mass is 10.2. The number of benzene rings is 1. The second-order valence-corrected chi connectivity index (χ2v) is 3.51. The van der Waals surface area contributed by atoms with Crippen LogP contribution in [0.15, 0.2) is 41.3 Å². The highest BCUT2D eigenvalue weighted by Crippen LogP contribution is 2.12. The van der Waals surface area contributed by atoms with Crippen LogP contribution in [0.2, 0.25) is 0 Å². The van der Waals surface area contributed by atoms with Crippen molar-refractivity contribution in [1.82, 2.24) is 4.98 Å². The summed E-state index contributed by atoms with van der Waals surface area (Å²) >= 11 is 0. The summed E-state index contributed by atoms with van der Waals surface area (Å²) in [7, 11) is 0. The number of aryl methyl sites for hydroxylation is 1. The zero-order valence-electron chi connectivity index (χ0n) is 9.02. The Morgan fingerprint density at radius 2 is 2.24 bits per heavy atom. The molecule has 1 N–H and O–H groups in total. The van der Waals surface area contributed by atoms with E-state index in [4.69, 9.17) is 4.42 Å². The Bertz CT molecular complexity index is 497. The van der Waals surface area contributed by atoms with E-state index >= 15 is 0 Å². The number of oxazole rings is 1. The molecule has 1 aromatic carbocycles. The number of amides is 1. The molecular formula is C12H11FN2O2. The Morgan fingerprint density at radius 1 is 1.41 bits per heavy atom. The zero-order valence-corrected chi connectivity index (χ0v) is 9.02. The molecule has 0 fully saturated rings. The standard InChI is InChI=1S/C12H11FN2O2/c13-10-3-1-2-4-11(10)15-12(16)6-5-9-7-17-8-14-9/h1-4,7-8H,5-6H2,(H,15,16). The highest BCUT2D eigenvalue weighted by molar-refractivity contribution is 5.90. The molecule has 2 rings (SSSR count). The molecule has 88 valence electrons. The number of hydrogen-bond acceptors (Lipinski definition) is 3. The number of nitrogens with zero attached hydrogens (tertiary/aromatic N) is 1. The van der Waals surface area contributed by atoms with Gasteiger partial charge in [-0.15, -0.1) is 0 Å². The number of carbonyl (C=O) groups excluding carboxylic acids is 1. The Morgan fingerprint density at radius 3 is 2.94 bits per heavy atom. The highest BCUT2D eigenvalue weighted by Gasteiger charge is 2.07. The monoisotopic (exact) mass is 234 g/mol. The van der Waals surface area contributed by atoms with Crippen LogP contribution >= 0.6 is 0 Å². The van der Waals surface area contributed by atoms with Crippen molar-refractivity contribution in [1.29, 1.82) is 0 Å². The normalized spacial score (nSPS) is 10.2. The highest BCUT2D eigenvalue weighted by atomic mass is 19.1. The first-order chi connectivity index (χ1) is 8.25.